The molecule has 2 heterocycles. The topological polar surface area (TPSA) is 116 Å². The van der Waals surface area contributed by atoms with Crippen molar-refractivity contribution in [2.45, 2.75) is 36.0 Å². The fraction of sp³-hybridized carbons (Fsp3) is 0.286. The van der Waals surface area contributed by atoms with E-state index in [0.29, 0.717) is 22.7 Å². The molecule has 1 saturated heterocycles. The van der Waals surface area contributed by atoms with Crippen LogP contribution in [0.1, 0.15) is 47.7 Å². The first-order valence-corrected chi connectivity index (χ1v) is 15.7. The minimum atomic E-state index is -3.73. The molecule has 1 N–H and O–H groups in total. The van der Waals surface area contributed by atoms with Gasteiger partial charge in [0.1, 0.15) is 4.90 Å². The van der Waals surface area contributed by atoms with E-state index in [1.165, 1.54) is 10.4 Å². The molecule has 3 aromatic carbocycles. The standard InChI is InChI=1S/C28H30N4O5S2/c1-3-20(2)21-10-14-24(15-11-21)39(36,37)32-18-16-31(17-19-32)28(33)22-8-12-23(13-9-22)29-27-25-6-4-5-7-26(25)38(34,35)30-27/h4-15,20H,3,16-19H2,1-2H3,(H,29,30)/t20-/m1/s1. The van der Waals surface area contributed by atoms with Gasteiger partial charge in [-0.3, -0.25) is 4.79 Å². The molecule has 2 aliphatic rings. The molecule has 1 atom stereocenters. The van der Waals surface area contributed by atoms with Crippen molar-refractivity contribution in [2.24, 2.45) is 4.40 Å². The molecule has 11 heteroatoms. The van der Waals surface area contributed by atoms with Crippen LogP contribution in [0, 0.1) is 0 Å². The third kappa shape index (κ3) is 5.34. The molecule has 0 spiro atoms. The predicted octanol–water partition coefficient (Wildman–Crippen LogP) is 3.91. The van der Waals surface area contributed by atoms with E-state index in [9.17, 15) is 21.6 Å². The van der Waals surface area contributed by atoms with E-state index in [1.54, 1.807) is 59.5 Å². The summed E-state index contributed by atoms with van der Waals surface area (Å²) >= 11 is 0. The van der Waals surface area contributed by atoms with Crippen molar-refractivity contribution in [3.8, 4) is 0 Å². The van der Waals surface area contributed by atoms with Gasteiger partial charge in [0.15, 0.2) is 5.84 Å². The maximum absolute atomic E-state index is 13.1. The summed E-state index contributed by atoms with van der Waals surface area (Å²) in [6, 6.07) is 20.3. The van der Waals surface area contributed by atoms with Gasteiger partial charge in [0, 0.05) is 43.0 Å². The summed E-state index contributed by atoms with van der Waals surface area (Å²) in [5, 5.41) is 3.02. The minimum absolute atomic E-state index is 0.156. The normalized spacial score (nSPS) is 17.8. The summed E-state index contributed by atoms with van der Waals surface area (Å²) in [5.74, 6) is 0.407. The Hall–Kier alpha value is -3.54. The number of anilines is 1. The van der Waals surface area contributed by atoms with Gasteiger partial charge in [0.25, 0.3) is 15.9 Å². The second-order valence-corrected chi connectivity index (χ2v) is 13.2. The maximum Gasteiger partial charge on any atom is 0.285 e. The second kappa shape index (κ2) is 10.6. The number of benzene rings is 3. The molecule has 204 valence electrons. The van der Waals surface area contributed by atoms with Crippen LogP contribution in [0.3, 0.4) is 0 Å². The van der Waals surface area contributed by atoms with Crippen molar-refractivity contribution in [2.75, 3.05) is 31.5 Å². The molecule has 0 unspecified atom stereocenters. The van der Waals surface area contributed by atoms with E-state index in [2.05, 4.69) is 23.6 Å². The molecule has 0 bridgehead atoms. The van der Waals surface area contributed by atoms with Crippen molar-refractivity contribution in [1.82, 2.24) is 9.21 Å². The molecule has 9 nitrogen and oxygen atoms in total. The zero-order chi connectivity index (χ0) is 27.8. The number of hydrogen-bond donors (Lipinski definition) is 1. The van der Waals surface area contributed by atoms with Crippen molar-refractivity contribution in [3.05, 3.63) is 89.5 Å². The molecule has 2 aliphatic heterocycles. The second-order valence-electron chi connectivity index (χ2n) is 9.69. The number of nitrogens with one attached hydrogen (secondary N) is 1. The van der Waals surface area contributed by atoms with Gasteiger partial charge in [0.05, 0.1) is 4.90 Å². The lowest BCUT2D eigenvalue weighted by molar-refractivity contribution is 0.0698. The van der Waals surface area contributed by atoms with Crippen molar-refractivity contribution in [3.63, 3.8) is 0 Å². The summed E-state index contributed by atoms with van der Waals surface area (Å²) < 4.78 is 56.1. The van der Waals surface area contributed by atoms with Crippen LogP contribution < -0.4 is 5.32 Å². The van der Waals surface area contributed by atoms with Crippen molar-refractivity contribution in [1.29, 1.82) is 0 Å². The Morgan fingerprint density at radius 1 is 0.949 bits per heavy atom. The van der Waals surface area contributed by atoms with E-state index in [0.717, 1.165) is 12.0 Å². The summed E-state index contributed by atoms with van der Waals surface area (Å²) in [7, 11) is -7.37. The van der Waals surface area contributed by atoms with Crippen LogP contribution in [-0.2, 0) is 20.0 Å². The lowest BCUT2D eigenvalue weighted by Gasteiger charge is -2.34. The quantitative estimate of drug-likeness (QED) is 0.484. The zero-order valence-corrected chi connectivity index (χ0v) is 23.4. The molecule has 5 rings (SSSR count). The van der Waals surface area contributed by atoms with Crippen LogP contribution in [0.15, 0.2) is 87.0 Å². The van der Waals surface area contributed by atoms with Crippen LogP contribution in [0.5, 0.6) is 0 Å². The van der Waals surface area contributed by atoms with Gasteiger partial charge in [-0.15, -0.1) is 4.40 Å². The average molecular weight is 567 g/mol. The molecular weight excluding hydrogens is 536 g/mol. The molecule has 0 radical (unpaired) electrons. The fourth-order valence-corrected chi connectivity index (χ4v) is 7.29. The molecular formula is C28H30N4O5S2. The lowest BCUT2D eigenvalue weighted by Crippen LogP contribution is -2.50. The average Bonchev–Trinajstić information content (AvgIpc) is 3.22. The third-order valence-corrected chi connectivity index (χ3v) is 10.5. The van der Waals surface area contributed by atoms with E-state index in [-0.39, 0.29) is 47.7 Å². The number of sulfonamides is 2. The van der Waals surface area contributed by atoms with Crippen molar-refractivity contribution >= 4 is 37.5 Å². The number of rotatable bonds is 6. The maximum atomic E-state index is 13.1. The first-order chi connectivity index (χ1) is 18.6. The van der Waals surface area contributed by atoms with Crippen LogP contribution in [0.25, 0.3) is 0 Å². The van der Waals surface area contributed by atoms with Crippen LogP contribution in [0.4, 0.5) is 5.69 Å². The zero-order valence-electron chi connectivity index (χ0n) is 21.7. The highest BCUT2D eigenvalue weighted by Gasteiger charge is 2.31. The number of nitrogens with zero attached hydrogens (tertiary/aromatic N) is 3. The highest BCUT2D eigenvalue weighted by molar-refractivity contribution is 7.90. The predicted molar refractivity (Wildman–Crippen MR) is 150 cm³/mol. The number of fused-ring (bicyclic) bond motifs is 1. The van der Waals surface area contributed by atoms with Crippen LogP contribution in [-0.4, -0.2) is 64.0 Å². The SMILES string of the molecule is CC[C@@H](C)c1ccc(S(=O)(=O)N2CCN(C(=O)c3ccc(NC4=NS(=O)(=O)c5ccccc54)cc3)CC2)cc1. The van der Waals surface area contributed by atoms with Crippen molar-refractivity contribution < 1.29 is 21.6 Å². The Morgan fingerprint density at radius 2 is 1.59 bits per heavy atom. The Morgan fingerprint density at radius 3 is 2.23 bits per heavy atom. The summed E-state index contributed by atoms with van der Waals surface area (Å²) in [5.41, 5.74) is 2.66. The van der Waals surface area contributed by atoms with Gasteiger partial charge in [-0.2, -0.15) is 12.7 Å². The van der Waals surface area contributed by atoms with E-state index in [4.69, 9.17) is 0 Å². The Kier molecular flexibility index (Phi) is 7.32. The van der Waals surface area contributed by atoms with Gasteiger partial charge in [0.2, 0.25) is 10.0 Å². The molecule has 0 aromatic heterocycles. The Bertz CT molecular complexity index is 1630. The molecule has 1 amide bonds. The van der Waals surface area contributed by atoms with Gasteiger partial charge in [-0.1, -0.05) is 38.1 Å². The number of carbonyl (C=O) groups is 1. The van der Waals surface area contributed by atoms with Gasteiger partial charge >= 0.3 is 0 Å². The number of carbonyl (C=O) groups excluding carboxylic acids is 1. The fourth-order valence-electron chi connectivity index (χ4n) is 4.70. The highest BCUT2D eigenvalue weighted by Crippen LogP contribution is 2.27. The summed E-state index contributed by atoms with van der Waals surface area (Å²) in [6.45, 7) is 5.22. The Labute approximate surface area is 229 Å². The minimum Gasteiger partial charge on any atom is -0.339 e. The first kappa shape index (κ1) is 27.0. The van der Waals surface area contributed by atoms with Gasteiger partial charge in [-0.25, -0.2) is 8.42 Å². The lowest BCUT2D eigenvalue weighted by atomic mass is 9.99. The first-order valence-electron chi connectivity index (χ1n) is 12.8. The molecule has 0 saturated carbocycles. The largest absolute Gasteiger partial charge is 0.339 e. The smallest absolute Gasteiger partial charge is 0.285 e. The van der Waals surface area contributed by atoms with E-state index in [1.807, 2.05) is 12.1 Å². The highest BCUT2D eigenvalue weighted by atomic mass is 32.2. The van der Waals surface area contributed by atoms with Crippen LogP contribution in [0.2, 0.25) is 0 Å². The van der Waals surface area contributed by atoms with E-state index < -0.39 is 20.0 Å². The van der Waals surface area contributed by atoms with Gasteiger partial charge < -0.3 is 10.2 Å². The number of hydrogen-bond acceptors (Lipinski definition) is 6. The third-order valence-electron chi connectivity index (χ3n) is 7.25. The Balaban J connectivity index is 1.21. The molecule has 3 aromatic rings. The molecule has 0 aliphatic carbocycles. The molecule has 39 heavy (non-hydrogen) atoms. The van der Waals surface area contributed by atoms with Gasteiger partial charge in [-0.05, 0) is 66.4 Å². The summed E-state index contributed by atoms with van der Waals surface area (Å²) in [4.78, 5) is 15.2. The number of amidine groups is 1. The van der Waals surface area contributed by atoms with Crippen LogP contribution >= 0.6 is 0 Å². The monoisotopic (exact) mass is 566 g/mol. The number of piperazine rings is 1. The summed E-state index contributed by atoms with van der Waals surface area (Å²) in [6.07, 6.45) is 0.982. The van der Waals surface area contributed by atoms with E-state index >= 15 is 0 Å². The molecule has 1 fully saturated rings. The number of amides is 1.